The molecule has 2 heterocycles. The molecule has 8 heteroatoms. The van der Waals surface area contributed by atoms with E-state index in [9.17, 15) is 4.79 Å². The normalized spacial score (nSPS) is 14.4. The number of hydrogen-bond acceptors (Lipinski definition) is 6. The molecule has 1 fully saturated rings. The number of likely N-dealkylation sites (N-methyl/N-ethyl adjacent to an activating group) is 1. The number of piperazine rings is 1. The van der Waals surface area contributed by atoms with E-state index in [1.807, 2.05) is 31.2 Å². The van der Waals surface area contributed by atoms with Gasteiger partial charge in [0, 0.05) is 43.1 Å². The van der Waals surface area contributed by atoms with Crippen molar-refractivity contribution in [2.75, 3.05) is 43.4 Å². The second-order valence-electron chi connectivity index (χ2n) is 7.89. The molecule has 0 bridgehead atoms. The van der Waals surface area contributed by atoms with Crippen LogP contribution in [0.5, 0.6) is 0 Å². The Hall–Kier alpha value is -3.16. The highest BCUT2D eigenvalue weighted by atomic mass is 35.5. The molecule has 7 nitrogen and oxygen atoms in total. The van der Waals surface area contributed by atoms with E-state index in [0.29, 0.717) is 12.1 Å². The lowest BCUT2D eigenvalue weighted by atomic mass is 10.0. The van der Waals surface area contributed by atoms with Gasteiger partial charge in [-0.1, -0.05) is 48.9 Å². The van der Waals surface area contributed by atoms with E-state index in [1.54, 1.807) is 0 Å². The minimum Gasteiger partial charge on any atom is -0.368 e. The molecule has 32 heavy (non-hydrogen) atoms. The van der Waals surface area contributed by atoms with Gasteiger partial charge in [0.2, 0.25) is 0 Å². The van der Waals surface area contributed by atoms with Crippen LogP contribution in [-0.2, 0) is 6.42 Å². The van der Waals surface area contributed by atoms with Crippen LogP contribution in [0.3, 0.4) is 0 Å². The molecule has 1 aliphatic rings. The first-order valence-electron chi connectivity index (χ1n) is 10.7. The maximum atomic E-state index is 12.0. The van der Waals surface area contributed by atoms with Crippen LogP contribution >= 0.6 is 11.6 Å². The quantitative estimate of drug-likeness (QED) is 0.591. The summed E-state index contributed by atoms with van der Waals surface area (Å²) in [5.41, 5.74) is 10.4. The Morgan fingerprint density at radius 3 is 2.47 bits per heavy atom. The molecular weight excluding hydrogens is 424 g/mol. The second kappa shape index (κ2) is 9.54. The highest BCUT2D eigenvalue weighted by Gasteiger charge is 2.20. The number of amides is 1. The number of nitrogens with one attached hydrogen (secondary N) is 1. The topological polar surface area (TPSA) is 87.4 Å². The number of carbonyl (C=O) groups excluding carboxylic acids is 1. The Balaban J connectivity index is 1.74. The van der Waals surface area contributed by atoms with Gasteiger partial charge < -0.3 is 20.9 Å². The molecule has 1 saturated heterocycles. The Bertz CT molecular complexity index is 1110. The number of nitrogens with two attached hydrogens (primary N) is 1. The number of halogens is 1. The van der Waals surface area contributed by atoms with Crippen LogP contribution in [0.15, 0.2) is 48.5 Å². The first kappa shape index (κ1) is 22.0. The fraction of sp³-hybridized carbons (Fsp3) is 0.292. The molecule has 1 aliphatic heterocycles. The van der Waals surface area contributed by atoms with Crippen LogP contribution in [0, 0.1) is 0 Å². The Kier molecular flexibility index (Phi) is 6.58. The minimum atomic E-state index is -0.649. The number of nitrogens with zero attached hydrogens (tertiary/aromatic N) is 4. The summed E-state index contributed by atoms with van der Waals surface area (Å²) in [6, 6.07) is 16.4. The van der Waals surface area contributed by atoms with Gasteiger partial charge in [0.15, 0.2) is 16.7 Å². The van der Waals surface area contributed by atoms with E-state index in [2.05, 4.69) is 56.4 Å². The van der Waals surface area contributed by atoms with Crippen LogP contribution < -0.4 is 16.0 Å². The molecule has 0 unspecified atom stereocenters. The predicted octanol–water partition coefficient (Wildman–Crippen LogP) is 3.95. The molecule has 0 radical (unpaired) electrons. The fourth-order valence-electron chi connectivity index (χ4n) is 3.86. The third-order valence-electron chi connectivity index (χ3n) is 5.68. The second-order valence-corrected chi connectivity index (χ2v) is 8.25. The summed E-state index contributed by atoms with van der Waals surface area (Å²) in [6.07, 6.45) is 0.560. The summed E-state index contributed by atoms with van der Waals surface area (Å²) in [4.78, 5) is 25.4. The number of primary amides is 1. The van der Waals surface area contributed by atoms with E-state index in [0.717, 1.165) is 43.0 Å². The molecule has 3 aromatic rings. The minimum absolute atomic E-state index is 0.0793. The summed E-state index contributed by atoms with van der Waals surface area (Å²) in [5.74, 6) is -0.394. The number of carbonyl (C=O) groups is 1. The maximum absolute atomic E-state index is 12.0. The standard InChI is InChI=1S/C24H27ClN6O/c1-3-19-22(25)29-24(21(28-19)23(26)32)27-17-9-10-20(31-13-11-30(2)12-14-31)18(15-17)16-7-5-4-6-8-16/h4-10,15H,3,11-14H2,1-2H3,(H2,26,32)(H,27,29). The lowest BCUT2D eigenvalue weighted by Crippen LogP contribution is -2.44. The lowest BCUT2D eigenvalue weighted by molar-refractivity contribution is 0.0996. The number of aromatic nitrogens is 2. The third kappa shape index (κ3) is 4.69. The van der Waals surface area contributed by atoms with Crippen molar-refractivity contribution in [2.24, 2.45) is 5.73 Å². The molecule has 0 saturated carbocycles. The maximum Gasteiger partial charge on any atom is 0.271 e. The van der Waals surface area contributed by atoms with Crippen molar-refractivity contribution in [3.05, 3.63) is 65.1 Å². The summed E-state index contributed by atoms with van der Waals surface area (Å²) in [5, 5.41) is 3.47. The molecule has 2 aromatic carbocycles. The van der Waals surface area contributed by atoms with Gasteiger partial charge in [-0.25, -0.2) is 9.97 Å². The first-order valence-corrected chi connectivity index (χ1v) is 11.1. The van der Waals surface area contributed by atoms with Gasteiger partial charge in [-0.2, -0.15) is 0 Å². The average Bonchev–Trinajstić information content (AvgIpc) is 2.80. The van der Waals surface area contributed by atoms with Gasteiger partial charge in [0.25, 0.3) is 5.91 Å². The van der Waals surface area contributed by atoms with Gasteiger partial charge in [0.1, 0.15) is 0 Å². The number of anilines is 3. The zero-order chi connectivity index (χ0) is 22.7. The van der Waals surface area contributed by atoms with Gasteiger partial charge in [0.05, 0.1) is 5.69 Å². The van der Waals surface area contributed by atoms with Gasteiger partial charge in [-0.3, -0.25) is 4.79 Å². The van der Waals surface area contributed by atoms with E-state index in [1.165, 1.54) is 5.69 Å². The highest BCUT2D eigenvalue weighted by molar-refractivity contribution is 6.30. The van der Waals surface area contributed by atoms with E-state index in [-0.39, 0.29) is 16.7 Å². The first-order chi connectivity index (χ1) is 15.5. The van der Waals surface area contributed by atoms with Crippen LogP contribution in [0.2, 0.25) is 5.15 Å². The zero-order valence-electron chi connectivity index (χ0n) is 18.3. The number of hydrogen-bond donors (Lipinski definition) is 2. The van der Waals surface area contributed by atoms with Crippen molar-refractivity contribution in [1.29, 1.82) is 0 Å². The molecule has 1 amide bonds. The van der Waals surface area contributed by atoms with Crippen molar-refractivity contribution in [1.82, 2.24) is 14.9 Å². The number of benzene rings is 2. The third-order valence-corrected chi connectivity index (χ3v) is 5.98. The van der Waals surface area contributed by atoms with Crippen LogP contribution in [0.4, 0.5) is 17.2 Å². The van der Waals surface area contributed by atoms with Crippen molar-refractivity contribution < 1.29 is 4.79 Å². The van der Waals surface area contributed by atoms with Gasteiger partial charge in [-0.15, -0.1) is 0 Å². The number of aryl methyl sites for hydroxylation is 1. The summed E-state index contributed by atoms with van der Waals surface area (Å²) < 4.78 is 0. The molecule has 4 rings (SSSR count). The molecule has 166 valence electrons. The van der Waals surface area contributed by atoms with Crippen LogP contribution in [0.25, 0.3) is 11.1 Å². The monoisotopic (exact) mass is 450 g/mol. The van der Waals surface area contributed by atoms with Gasteiger partial charge >= 0.3 is 0 Å². The Morgan fingerprint density at radius 2 is 1.81 bits per heavy atom. The van der Waals surface area contributed by atoms with E-state index in [4.69, 9.17) is 17.3 Å². The fourth-order valence-corrected chi connectivity index (χ4v) is 4.12. The van der Waals surface area contributed by atoms with Crippen molar-refractivity contribution in [2.45, 2.75) is 13.3 Å². The largest absolute Gasteiger partial charge is 0.368 e. The molecule has 1 aromatic heterocycles. The van der Waals surface area contributed by atoms with Crippen LogP contribution in [-0.4, -0.2) is 54.0 Å². The number of rotatable bonds is 6. The highest BCUT2D eigenvalue weighted by Crippen LogP contribution is 2.35. The average molecular weight is 451 g/mol. The molecule has 0 aliphatic carbocycles. The molecule has 3 N–H and O–H groups in total. The Labute approximate surface area is 193 Å². The predicted molar refractivity (Wildman–Crippen MR) is 130 cm³/mol. The summed E-state index contributed by atoms with van der Waals surface area (Å²) in [6.45, 7) is 5.88. The van der Waals surface area contributed by atoms with Crippen molar-refractivity contribution in [3.8, 4) is 11.1 Å². The molecule has 0 spiro atoms. The van der Waals surface area contributed by atoms with Crippen molar-refractivity contribution >= 4 is 34.7 Å². The Morgan fingerprint density at radius 1 is 1.09 bits per heavy atom. The van der Waals surface area contributed by atoms with E-state index < -0.39 is 5.91 Å². The van der Waals surface area contributed by atoms with E-state index >= 15 is 0 Å². The summed E-state index contributed by atoms with van der Waals surface area (Å²) in [7, 11) is 2.15. The molecular formula is C24H27ClN6O. The summed E-state index contributed by atoms with van der Waals surface area (Å²) >= 11 is 6.26. The van der Waals surface area contributed by atoms with Crippen LogP contribution in [0.1, 0.15) is 23.1 Å². The molecule has 0 atom stereocenters. The SMILES string of the molecule is CCc1nc(C(N)=O)c(Nc2ccc(N3CCN(C)CC3)c(-c3ccccc3)c2)nc1Cl. The van der Waals surface area contributed by atoms with Crippen molar-refractivity contribution in [3.63, 3.8) is 0 Å². The van der Waals surface area contributed by atoms with Gasteiger partial charge in [-0.05, 0) is 37.2 Å². The lowest BCUT2D eigenvalue weighted by Gasteiger charge is -2.35. The zero-order valence-corrected chi connectivity index (χ0v) is 19.1. The smallest absolute Gasteiger partial charge is 0.271 e.